The van der Waals surface area contributed by atoms with Gasteiger partial charge in [-0.25, -0.2) is 0 Å². The Morgan fingerprint density at radius 2 is 2.09 bits per heavy atom. The molecule has 22 heavy (non-hydrogen) atoms. The maximum atomic E-state index is 12.3. The second-order valence-electron chi connectivity index (χ2n) is 5.95. The highest BCUT2D eigenvalue weighted by atomic mass is 32.2. The van der Waals surface area contributed by atoms with Crippen LogP contribution in [0.3, 0.4) is 0 Å². The fourth-order valence-electron chi connectivity index (χ4n) is 2.65. The third kappa shape index (κ3) is 3.31. The largest absolute Gasteiger partial charge is 0.353 e. The number of aryl methyl sites for hydroxylation is 2. The van der Waals surface area contributed by atoms with Crippen molar-refractivity contribution in [3.63, 3.8) is 0 Å². The smallest absolute Gasteiger partial charge is 0.280 e. The van der Waals surface area contributed by atoms with Crippen LogP contribution in [0.1, 0.15) is 37.6 Å². The van der Waals surface area contributed by atoms with E-state index in [1.54, 1.807) is 17.9 Å². The number of carbonyl (C=O) groups excluding carboxylic acids is 1. The number of aromatic nitrogens is 2. The zero-order valence-corrected chi connectivity index (χ0v) is 14.3. The van der Waals surface area contributed by atoms with E-state index in [9.17, 15) is 13.2 Å². The fourth-order valence-corrected chi connectivity index (χ4v) is 3.92. The quantitative estimate of drug-likeness (QED) is 0.805. The van der Waals surface area contributed by atoms with Crippen LogP contribution < -0.4 is 10.0 Å². The molecule has 1 aliphatic heterocycles. The van der Waals surface area contributed by atoms with Crippen molar-refractivity contribution in [1.29, 1.82) is 0 Å². The van der Waals surface area contributed by atoms with E-state index in [-0.39, 0.29) is 11.9 Å². The lowest BCUT2D eigenvalue weighted by Crippen LogP contribution is -2.57. The standard InChI is InChI=1S/C13H23N5O3S/c1-8(2)14-13(19)12-6-11(16-22(20,21)18(12)5)10-7-17(4)15-9(10)3/h7-8,11-12,16H,6H2,1-5H3,(H,14,19)/t11-,12+/m1/s1. The summed E-state index contributed by atoms with van der Waals surface area (Å²) in [7, 11) is -0.514. The normalized spacial score (nSPS) is 25.4. The molecule has 2 rings (SSSR count). The van der Waals surface area contributed by atoms with Crippen LogP contribution >= 0.6 is 0 Å². The molecule has 2 N–H and O–H groups in total. The van der Waals surface area contributed by atoms with Gasteiger partial charge < -0.3 is 5.32 Å². The van der Waals surface area contributed by atoms with Gasteiger partial charge in [-0.15, -0.1) is 0 Å². The summed E-state index contributed by atoms with van der Waals surface area (Å²) in [5.41, 5.74) is 1.55. The van der Waals surface area contributed by atoms with Gasteiger partial charge in [0.1, 0.15) is 6.04 Å². The van der Waals surface area contributed by atoms with Gasteiger partial charge in [0.25, 0.3) is 10.2 Å². The van der Waals surface area contributed by atoms with Crippen LogP contribution in [0.4, 0.5) is 0 Å². The molecular weight excluding hydrogens is 306 g/mol. The Morgan fingerprint density at radius 3 is 2.59 bits per heavy atom. The molecule has 2 heterocycles. The van der Waals surface area contributed by atoms with Gasteiger partial charge in [-0.2, -0.15) is 22.5 Å². The number of likely N-dealkylation sites (N-methyl/N-ethyl adjacent to an activating group) is 1. The molecular formula is C13H23N5O3S. The van der Waals surface area contributed by atoms with Crippen LogP contribution in [0.2, 0.25) is 0 Å². The van der Waals surface area contributed by atoms with E-state index in [4.69, 9.17) is 0 Å². The molecule has 0 spiro atoms. The van der Waals surface area contributed by atoms with Gasteiger partial charge in [0.15, 0.2) is 0 Å². The topological polar surface area (TPSA) is 96.3 Å². The molecule has 124 valence electrons. The first kappa shape index (κ1) is 16.9. The number of amides is 1. The number of nitrogens with zero attached hydrogens (tertiary/aromatic N) is 3. The fraction of sp³-hybridized carbons (Fsp3) is 0.692. The molecule has 1 amide bonds. The third-order valence-electron chi connectivity index (χ3n) is 3.73. The van der Waals surface area contributed by atoms with Crippen molar-refractivity contribution in [1.82, 2.24) is 24.1 Å². The molecule has 0 aromatic carbocycles. The summed E-state index contributed by atoms with van der Waals surface area (Å²) in [6.45, 7) is 5.51. The Kier molecular flexibility index (Phi) is 4.59. The summed E-state index contributed by atoms with van der Waals surface area (Å²) in [6, 6.07) is -1.24. The van der Waals surface area contributed by atoms with Crippen molar-refractivity contribution in [3.05, 3.63) is 17.5 Å². The number of nitrogens with one attached hydrogen (secondary N) is 2. The molecule has 2 atom stereocenters. The van der Waals surface area contributed by atoms with Crippen LogP contribution in [0.25, 0.3) is 0 Å². The predicted molar refractivity (Wildman–Crippen MR) is 82.2 cm³/mol. The Bertz CT molecular complexity index is 667. The molecule has 1 aliphatic rings. The molecule has 9 heteroatoms. The molecule has 0 unspecified atom stereocenters. The van der Waals surface area contributed by atoms with Crippen molar-refractivity contribution in [2.75, 3.05) is 7.05 Å². The first-order valence-corrected chi connectivity index (χ1v) is 8.61. The highest BCUT2D eigenvalue weighted by Crippen LogP contribution is 2.29. The van der Waals surface area contributed by atoms with Gasteiger partial charge in [-0.1, -0.05) is 0 Å². The monoisotopic (exact) mass is 329 g/mol. The third-order valence-corrected chi connectivity index (χ3v) is 5.32. The highest BCUT2D eigenvalue weighted by Gasteiger charge is 2.41. The molecule has 1 aromatic heterocycles. The molecule has 0 radical (unpaired) electrons. The molecule has 1 fully saturated rings. The average Bonchev–Trinajstić information content (AvgIpc) is 2.70. The number of hydrogen-bond donors (Lipinski definition) is 2. The lowest BCUT2D eigenvalue weighted by atomic mass is 10.00. The SMILES string of the molecule is Cc1nn(C)cc1[C@H]1C[C@@H](C(=O)NC(C)C)N(C)S(=O)(=O)N1. The van der Waals surface area contributed by atoms with Crippen LogP contribution in [0.15, 0.2) is 6.20 Å². The number of hydrogen-bond acceptors (Lipinski definition) is 4. The van der Waals surface area contributed by atoms with Crippen LogP contribution in [-0.4, -0.2) is 47.5 Å². The van der Waals surface area contributed by atoms with Crippen LogP contribution in [0, 0.1) is 6.92 Å². The lowest BCUT2D eigenvalue weighted by molar-refractivity contribution is -0.125. The van der Waals surface area contributed by atoms with Gasteiger partial charge in [-0.3, -0.25) is 9.48 Å². The average molecular weight is 329 g/mol. The summed E-state index contributed by atoms with van der Waals surface area (Å²) < 4.78 is 29.9. The molecule has 0 bridgehead atoms. The zero-order chi connectivity index (χ0) is 16.7. The Hall–Kier alpha value is -1.45. The second kappa shape index (κ2) is 5.98. The van der Waals surface area contributed by atoms with E-state index in [0.717, 1.165) is 15.6 Å². The minimum absolute atomic E-state index is 0.0444. The van der Waals surface area contributed by atoms with Gasteiger partial charge in [0.2, 0.25) is 5.91 Å². The minimum Gasteiger partial charge on any atom is -0.353 e. The van der Waals surface area contributed by atoms with E-state index >= 15 is 0 Å². The van der Waals surface area contributed by atoms with Gasteiger partial charge >= 0.3 is 0 Å². The Balaban J connectivity index is 2.32. The molecule has 1 saturated heterocycles. The van der Waals surface area contributed by atoms with Crippen molar-refractivity contribution in [2.45, 2.75) is 45.3 Å². The lowest BCUT2D eigenvalue weighted by Gasteiger charge is -2.36. The summed E-state index contributed by atoms with van der Waals surface area (Å²) in [5.74, 6) is -0.283. The van der Waals surface area contributed by atoms with Crippen molar-refractivity contribution in [3.8, 4) is 0 Å². The second-order valence-corrected chi connectivity index (χ2v) is 7.71. The zero-order valence-electron chi connectivity index (χ0n) is 13.5. The minimum atomic E-state index is -3.71. The summed E-state index contributed by atoms with van der Waals surface area (Å²) in [6.07, 6.45) is 2.14. The predicted octanol–water partition coefficient (Wildman–Crippen LogP) is -0.167. The maximum Gasteiger partial charge on any atom is 0.280 e. The van der Waals surface area contributed by atoms with E-state index < -0.39 is 22.3 Å². The van der Waals surface area contributed by atoms with Crippen molar-refractivity contribution < 1.29 is 13.2 Å². The molecule has 8 nitrogen and oxygen atoms in total. The van der Waals surface area contributed by atoms with Gasteiger partial charge in [0.05, 0.1) is 11.7 Å². The summed E-state index contributed by atoms with van der Waals surface area (Å²) in [4.78, 5) is 12.3. The summed E-state index contributed by atoms with van der Waals surface area (Å²) in [5, 5.41) is 7.02. The van der Waals surface area contributed by atoms with Crippen molar-refractivity contribution >= 4 is 16.1 Å². The first-order valence-electron chi connectivity index (χ1n) is 7.17. The molecule has 1 aromatic rings. The summed E-state index contributed by atoms with van der Waals surface area (Å²) >= 11 is 0. The first-order chi connectivity index (χ1) is 10.1. The van der Waals surface area contributed by atoms with Gasteiger partial charge in [0, 0.05) is 31.9 Å². The molecule has 0 saturated carbocycles. The molecule has 0 aliphatic carbocycles. The van der Waals surface area contributed by atoms with Crippen LogP contribution in [0.5, 0.6) is 0 Å². The Morgan fingerprint density at radius 1 is 1.45 bits per heavy atom. The van der Waals surface area contributed by atoms with E-state index in [2.05, 4.69) is 15.1 Å². The van der Waals surface area contributed by atoms with E-state index in [0.29, 0.717) is 6.42 Å². The number of rotatable bonds is 3. The van der Waals surface area contributed by atoms with Gasteiger partial charge in [-0.05, 0) is 27.2 Å². The number of carbonyl (C=O) groups is 1. The maximum absolute atomic E-state index is 12.3. The van der Waals surface area contributed by atoms with E-state index in [1.165, 1.54) is 7.05 Å². The highest BCUT2D eigenvalue weighted by molar-refractivity contribution is 7.87. The van der Waals surface area contributed by atoms with Crippen molar-refractivity contribution in [2.24, 2.45) is 7.05 Å². The van der Waals surface area contributed by atoms with E-state index in [1.807, 2.05) is 20.8 Å². The Labute approximate surface area is 131 Å². The van der Waals surface area contributed by atoms with Crippen LogP contribution in [-0.2, 0) is 22.1 Å².